The van der Waals surface area contributed by atoms with Crippen molar-refractivity contribution in [2.75, 3.05) is 18.1 Å². The summed E-state index contributed by atoms with van der Waals surface area (Å²) in [4.78, 5) is 42.6. The van der Waals surface area contributed by atoms with Crippen molar-refractivity contribution in [3.8, 4) is 0 Å². The van der Waals surface area contributed by atoms with E-state index < -0.39 is 35.5 Å². The van der Waals surface area contributed by atoms with Crippen molar-refractivity contribution in [1.82, 2.24) is 26.0 Å². The van der Waals surface area contributed by atoms with Crippen LogP contribution in [0.1, 0.15) is 5.01 Å². The summed E-state index contributed by atoms with van der Waals surface area (Å²) in [5.74, 6) is -1.31. The minimum absolute atomic E-state index is 0.0333. The topological polar surface area (TPSA) is 157 Å². The van der Waals surface area contributed by atoms with Crippen molar-refractivity contribution in [2.45, 2.75) is 29.0 Å². The number of hydrazone groups is 1. The van der Waals surface area contributed by atoms with Crippen molar-refractivity contribution in [2.24, 2.45) is 0 Å². The average Bonchev–Trinajstić information content (AvgIpc) is 3.31. The summed E-state index contributed by atoms with van der Waals surface area (Å²) in [6.45, 7) is 1.66. The van der Waals surface area contributed by atoms with Crippen molar-refractivity contribution < 1.29 is 34.1 Å². The van der Waals surface area contributed by atoms with E-state index in [0.717, 1.165) is 9.35 Å². The van der Waals surface area contributed by atoms with Gasteiger partial charge in [-0.2, -0.15) is 4.84 Å². The minimum Gasteiger partial charge on any atom is -0.477 e. The zero-order chi connectivity index (χ0) is 21.4. The molecule has 0 radical (unpaired) electrons. The maximum absolute atomic E-state index is 12.6. The van der Waals surface area contributed by atoms with Gasteiger partial charge in [0.1, 0.15) is 22.1 Å². The molecule has 15 heteroatoms. The van der Waals surface area contributed by atoms with Gasteiger partial charge in [0, 0.05) is 11.5 Å². The van der Waals surface area contributed by atoms with E-state index in [1.54, 1.807) is 0 Å². The number of carboxylic acid groups (broad SMARTS) is 1. The quantitative estimate of drug-likeness (QED) is 0.208. The van der Waals surface area contributed by atoms with Gasteiger partial charge < -0.3 is 15.5 Å². The number of nitrogens with zero attached hydrogens (tertiary/aromatic N) is 4. The molecule has 1 fully saturated rings. The van der Waals surface area contributed by atoms with E-state index >= 15 is 0 Å². The maximum Gasteiger partial charge on any atom is 0.352 e. The molecule has 3 aliphatic heterocycles. The first-order valence-corrected chi connectivity index (χ1v) is 11.5. The number of rotatable bonds is 7. The summed E-state index contributed by atoms with van der Waals surface area (Å²) in [5.41, 5.74) is 2.93. The van der Waals surface area contributed by atoms with Crippen LogP contribution in [0.5, 0.6) is 0 Å². The van der Waals surface area contributed by atoms with Crippen LogP contribution in [-0.4, -0.2) is 89.7 Å². The zero-order valence-corrected chi connectivity index (χ0v) is 17.9. The molecule has 2 amide bonds. The Labute approximate surface area is 182 Å². The fourth-order valence-electron chi connectivity index (χ4n) is 3.08. The number of aryl methyl sites for hydroxylation is 1. The number of carbonyl (C=O) groups excluding carboxylic acids is 2. The van der Waals surface area contributed by atoms with E-state index in [2.05, 4.69) is 25.9 Å². The van der Waals surface area contributed by atoms with Gasteiger partial charge in [-0.15, -0.1) is 22.0 Å². The predicted octanol–water partition coefficient (Wildman–Crippen LogP) is -1.47. The van der Waals surface area contributed by atoms with Gasteiger partial charge in [0.2, 0.25) is 6.21 Å². The number of aromatic nitrogens is 2. The van der Waals surface area contributed by atoms with Crippen LogP contribution in [0.25, 0.3) is 0 Å². The number of nitrogens with one attached hydrogen (secondary N) is 2. The number of aliphatic carboxylic acids is 1. The van der Waals surface area contributed by atoms with E-state index in [1.807, 2.05) is 6.92 Å². The molecular weight excluding hydrogens is 456 g/mol. The number of hydrogen-bond acceptors (Lipinski definition) is 11. The average molecular weight is 474 g/mol. The lowest BCUT2D eigenvalue weighted by Gasteiger charge is -2.49. The van der Waals surface area contributed by atoms with Gasteiger partial charge >= 0.3 is 5.97 Å². The molecule has 0 aromatic carbocycles. The third-order valence-corrected chi connectivity index (χ3v) is 7.75. The SMILES string of the molecule is Cc1nnc(SCC2=C(C(=O)O)N3C(=O)[C@@H](NC(=O)C[N+]4=CC(O)ON4)[C@H]3SC2)s1. The molecule has 0 spiro atoms. The van der Waals surface area contributed by atoms with Crippen molar-refractivity contribution >= 4 is 58.9 Å². The van der Waals surface area contributed by atoms with E-state index in [9.17, 15) is 24.6 Å². The molecule has 12 nitrogen and oxygen atoms in total. The van der Waals surface area contributed by atoms with Crippen molar-refractivity contribution in [1.29, 1.82) is 0 Å². The summed E-state index contributed by atoms with van der Waals surface area (Å²) in [5, 5.41) is 29.8. The standard InChI is InChI=1S/C15H16N6O6S3/c1-6-17-18-15(30-6)29-5-7-4-28-13-10(12(24)21(13)11(7)14(25)26)16-8(22)2-20-3-9(23)27-19-20/h3,9-10,13,19,23H,2,4-5H2,1H3,(H-,16,22,25,26)/p+1/t9?,10-,13-/m1/s1. The Balaban J connectivity index is 1.41. The number of amides is 2. The first-order valence-electron chi connectivity index (χ1n) is 8.66. The second kappa shape index (κ2) is 8.50. The second-order valence-electron chi connectivity index (χ2n) is 6.46. The van der Waals surface area contributed by atoms with E-state index in [4.69, 9.17) is 0 Å². The summed E-state index contributed by atoms with van der Waals surface area (Å²) in [6.07, 6.45) is 0.106. The Morgan fingerprint density at radius 2 is 2.30 bits per heavy atom. The van der Waals surface area contributed by atoms with Gasteiger partial charge in [-0.25, -0.2) is 4.79 Å². The van der Waals surface area contributed by atoms with Crippen LogP contribution in [0.3, 0.4) is 0 Å². The number of hydrogen-bond donors (Lipinski definition) is 4. The lowest BCUT2D eigenvalue weighted by Crippen LogP contribution is -2.71. The van der Waals surface area contributed by atoms with Crippen LogP contribution in [0, 0.1) is 6.92 Å². The highest BCUT2D eigenvalue weighted by Gasteiger charge is 2.54. The molecule has 0 saturated carbocycles. The van der Waals surface area contributed by atoms with Gasteiger partial charge in [-0.05, 0) is 12.5 Å². The third kappa shape index (κ3) is 4.15. The largest absolute Gasteiger partial charge is 0.477 e. The monoisotopic (exact) mass is 473 g/mol. The summed E-state index contributed by atoms with van der Waals surface area (Å²) in [7, 11) is 0. The Morgan fingerprint density at radius 1 is 1.50 bits per heavy atom. The van der Waals surface area contributed by atoms with Crippen molar-refractivity contribution in [3.05, 3.63) is 16.3 Å². The highest BCUT2D eigenvalue weighted by atomic mass is 32.2. The number of hydrazine groups is 1. The first-order chi connectivity index (χ1) is 14.3. The van der Waals surface area contributed by atoms with Crippen LogP contribution in [-0.2, 0) is 19.2 Å². The molecule has 1 unspecified atom stereocenters. The molecule has 3 atom stereocenters. The van der Waals surface area contributed by atoms with Crippen LogP contribution in [0.15, 0.2) is 15.6 Å². The van der Waals surface area contributed by atoms with Gasteiger partial charge in [-0.3, -0.25) is 14.5 Å². The summed E-state index contributed by atoms with van der Waals surface area (Å²) in [6, 6.07) is -0.815. The molecule has 0 bridgehead atoms. The first kappa shape index (κ1) is 21.0. The smallest absolute Gasteiger partial charge is 0.352 e. The molecule has 4 N–H and O–H groups in total. The van der Waals surface area contributed by atoms with Crippen LogP contribution in [0.2, 0.25) is 0 Å². The maximum atomic E-state index is 12.6. The Morgan fingerprint density at radius 3 is 2.93 bits per heavy atom. The number of β-lactam (4-membered cyclic amide) rings is 1. The van der Waals surface area contributed by atoms with Gasteiger partial charge in [-0.1, -0.05) is 33.4 Å². The molecule has 3 aliphatic rings. The van der Waals surface area contributed by atoms with E-state index in [0.29, 0.717) is 17.1 Å². The van der Waals surface area contributed by atoms with Gasteiger partial charge in [0.15, 0.2) is 4.34 Å². The highest BCUT2D eigenvalue weighted by Crippen LogP contribution is 2.41. The lowest BCUT2D eigenvalue weighted by molar-refractivity contribution is -0.613. The van der Waals surface area contributed by atoms with Crippen LogP contribution < -0.4 is 10.9 Å². The van der Waals surface area contributed by atoms with Crippen LogP contribution >= 0.6 is 34.9 Å². The number of aliphatic hydroxyl groups is 1. The lowest BCUT2D eigenvalue weighted by atomic mass is 10.0. The molecule has 1 saturated heterocycles. The number of carboxylic acids is 1. The third-order valence-electron chi connectivity index (χ3n) is 4.36. The molecule has 160 valence electrons. The molecule has 0 aliphatic carbocycles. The number of fused-ring (bicyclic) bond motifs is 1. The molecular formula is C15H17N6O6S3+. The molecule has 30 heavy (non-hydrogen) atoms. The van der Waals surface area contributed by atoms with E-state index in [1.165, 1.54) is 50.7 Å². The summed E-state index contributed by atoms with van der Waals surface area (Å²) < 4.78 is 1.97. The van der Waals surface area contributed by atoms with Crippen molar-refractivity contribution in [3.63, 3.8) is 0 Å². The molecule has 1 aromatic heterocycles. The van der Waals surface area contributed by atoms with Gasteiger partial charge in [0.05, 0.1) is 0 Å². The van der Waals surface area contributed by atoms with Crippen LogP contribution in [0.4, 0.5) is 0 Å². The fourth-order valence-corrected chi connectivity index (χ4v) is 6.38. The molecule has 4 heterocycles. The fraction of sp³-hybridized carbons (Fsp3) is 0.467. The Kier molecular flexibility index (Phi) is 5.97. The van der Waals surface area contributed by atoms with E-state index in [-0.39, 0.29) is 12.2 Å². The number of thioether (sulfide) groups is 2. The number of carbonyl (C=O) groups is 3. The predicted molar refractivity (Wildman–Crippen MR) is 106 cm³/mol. The minimum atomic E-state index is -1.18. The zero-order valence-electron chi connectivity index (χ0n) is 15.5. The molecule has 1 aromatic rings. The second-order valence-corrected chi connectivity index (χ2v) is 9.97. The number of aliphatic hydroxyl groups excluding tert-OH is 1. The van der Waals surface area contributed by atoms with Gasteiger partial charge in [0.25, 0.3) is 24.6 Å². The normalized spacial score (nSPS) is 25.4. The molecule has 4 rings (SSSR count). The summed E-state index contributed by atoms with van der Waals surface area (Å²) >= 11 is 4.20. The Hall–Kier alpha value is -2.20. The highest BCUT2D eigenvalue weighted by molar-refractivity contribution is 8.01. The Bertz CT molecular complexity index is 964.